The first-order valence-electron chi connectivity index (χ1n) is 9.42. The van der Waals surface area contributed by atoms with Gasteiger partial charge < -0.3 is 9.47 Å². The van der Waals surface area contributed by atoms with Crippen molar-refractivity contribution in [1.82, 2.24) is 9.38 Å². The SMILES string of the molecule is COCCCOc1cc(SCc2ccccc2)cn2c(C(=N)SC(=N)C(F)F)ncc12. The van der Waals surface area contributed by atoms with Crippen molar-refractivity contribution in [3.8, 4) is 5.75 Å². The zero-order valence-corrected chi connectivity index (χ0v) is 18.4. The topological polar surface area (TPSA) is 83.5 Å². The van der Waals surface area contributed by atoms with Crippen LogP contribution in [0.4, 0.5) is 8.78 Å². The third kappa shape index (κ3) is 6.28. The lowest BCUT2D eigenvalue weighted by molar-refractivity contribution is 0.172. The number of hydrogen-bond acceptors (Lipinski definition) is 7. The number of rotatable bonds is 10. The summed E-state index contributed by atoms with van der Waals surface area (Å²) in [5.41, 5.74) is 1.79. The van der Waals surface area contributed by atoms with Crippen molar-refractivity contribution in [3.63, 3.8) is 0 Å². The summed E-state index contributed by atoms with van der Waals surface area (Å²) in [6.07, 6.45) is 1.15. The van der Waals surface area contributed by atoms with Gasteiger partial charge >= 0.3 is 0 Å². The predicted molar refractivity (Wildman–Crippen MR) is 121 cm³/mol. The molecule has 0 spiro atoms. The fourth-order valence-electron chi connectivity index (χ4n) is 2.73. The standard InChI is InChI=1S/C21H22F2N4O2S2/c1-28-8-5-9-29-17-10-15(30-13-14-6-3-2-4-7-14)12-27-16(17)11-26-21(27)20(25)31-19(24)18(22)23/h2-4,6-7,10-12,18,24-25H,5,8-9,13H2,1H3. The second-order valence-electron chi connectivity index (χ2n) is 6.44. The molecule has 0 atom stereocenters. The van der Waals surface area contributed by atoms with Crippen LogP contribution in [0.2, 0.25) is 0 Å². The highest BCUT2D eigenvalue weighted by Gasteiger charge is 2.20. The Morgan fingerprint density at radius 1 is 1.19 bits per heavy atom. The van der Waals surface area contributed by atoms with E-state index in [9.17, 15) is 8.78 Å². The summed E-state index contributed by atoms with van der Waals surface area (Å²) in [7, 11) is 1.63. The van der Waals surface area contributed by atoms with E-state index >= 15 is 0 Å². The van der Waals surface area contributed by atoms with E-state index in [0.29, 0.717) is 42.7 Å². The lowest BCUT2D eigenvalue weighted by atomic mass is 10.2. The van der Waals surface area contributed by atoms with Crippen LogP contribution >= 0.6 is 23.5 Å². The lowest BCUT2D eigenvalue weighted by Crippen LogP contribution is -2.10. The summed E-state index contributed by atoms with van der Waals surface area (Å²) in [6.45, 7) is 1.01. The summed E-state index contributed by atoms with van der Waals surface area (Å²) < 4.78 is 38.1. The van der Waals surface area contributed by atoms with E-state index < -0.39 is 11.5 Å². The van der Waals surface area contributed by atoms with Gasteiger partial charge in [0.15, 0.2) is 5.82 Å². The molecular formula is C21H22F2N4O2S2. The molecule has 2 N–H and O–H groups in total. The molecule has 0 bridgehead atoms. The number of thioether (sulfide) groups is 2. The van der Waals surface area contributed by atoms with Crippen LogP contribution in [0, 0.1) is 10.8 Å². The summed E-state index contributed by atoms with van der Waals surface area (Å²) in [6, 6.07) is 11.9. The quantitative estimate of drug-likeness (QED) is 0.183. The zero-order valence-electron chi connectivity index (χ0n) is 16.8. The molecule has 3 rings (SSSR count). The number of nitrogens with zero attached hydrogens (tertiary/aromatic N) is 2. The minimum atomic E-state index is -2.92. The molecule has 0 aliphatic heterocycles. The van der Waals surface area contributed by atoms with Crippen molar-refractivity contribution >= 4 is 39.1 Å². The molecule has 3 aromatic rings. The maximum atomic E-state index is 12.7. The van der Waals surface area contributed by atoms with Crippen LogP contribution in [-0.4, -0.2) is 46.2 Å². The fourth-order valence-corrected chi connectivity index (χ4v) is 4.18. The monoisotopic (exact) mass is 464 g/mol. The van der Waals surface area contributed by atoms with Crippen LogP contribution in [-0.2, 0) is 10.5 Å². The number of pyridine rings is 1. The Morgan fingerprint density at radius 2 is 1.97 bits per heavy atom. The number of benzene rings is 1. The van der Waals surface area contributed by atoms with Crippen LogP contribution in [0.1, 0.15) is 17.8 Å². The summed E-state index contributed by atoms with van der Waals surface area (Å²) >= 11 is 1.99. The average Bonchev–Trinajstić information content (AvgIpc) is 3.20. The number of halogens is 2. The van der Waals surface area contributed by atoms with E-state index in [1.807, 2.05) is 42.6 Å². The number of alkyl halides is 2. The molecule has 0 aliphatic rings. The molecule has 0 saturated carbocycles. The second kappa shape index (κ2) is 11.3. The van der Waals surface area contributed by atoms with Gasteiger partial charge in [-0.2, -0.15) is 0 Å². The van der Waals surface area contributed by atoms with Gasteiger partial charge in [0.1, 0.15) is 21.4 Å². The number of nitrogens with one attached hydrogen (secondary N) is 2. The average molecular weight is 465 g/mol. The molecule has 10 heteroatoms. The lowest BCUT2D eigenvalue weighted by Gasteiger charge is -2.12. The number of imidazole rings is 1. The van der Waals surface area contributed by atoms with Crippen LogP contribution < -0.4 is 4.74 Å². The van der Waals surface area contributed by atoms with Gasteiger partial charge in [0, 0.05) is 37.0 Å². The van der Waals surface area contributed by atoms with Crippen LogP contribution in [0.3, 0.4) is 0 Å². The molecule has 31 heavy (non-hydrogen) atoms. The van der Waals surface area contributed by atoms with E-state index in [1.54, 1.807) is 29.5 Å². The molecular weight excluding hydrogens is 442 g/mol. The molecule has 0 fully saturated rings. The highest BCUT2D eigenvalue weighted by Crippen LogP contribution is 2.31. The van der Waals surface area contributed by atoms with Gasteiger partial charge in [-0.05, 0) is 23.4 Å². The minimum Gasteiger partial charge on any atom is -0.491 e. The molecule has 0 radical (unpaired) electrons. The van der Waals surface area contributed by atoms with E-state index in [2.05, 4.69) is 4.98 Å². The van der Waals surface area contributed by atoms with Gasteiger partial charge in [0.2, 0.25) is 0 Å². The summed E-state index contributed by atoms with van der Waals surface area (Å²) in [5, 5.41) is 14.4. The van der Waals surface area contributed by atoms with Gasteiger partial charge in [0.25, 0.3) is 6.43 Å². The molecule has 0 unspecified atom stereocenters. The Labute approximate surface area is 187 Å². The molecule has 2 heterocycles. The Hall–Kier alpha value is -2.43. The first kappa shape index (κ1) is 23.2. The molecule has 0 amide bonds. The van der Waals surface area contributed by atoms with Gasteiger partial charge in [-0.25, -0.2) is 13.8 Å². The van der Waals surface area contributed by atoms with Crippen LogP contribution in [0.15, 0.2) is 53.7 Å². The van der Waals surface area contributed by atoms with E-state index in [0.717, 1.165) is 16.2 Å². The maximum Gasteiger partial charge on any atom is 0.285 e. The van der Waals surface area contributed by atoms with Gasteiger partial charge in [0.05, 0.1) is 12.8 Å². The van der Waals surface area contributed by atoms with Crippen molar-refractivity contribution in [2.24, 2.45) is 0 Å². The first-order chi connectivity index (χ1) is 15.0. The van der Waals surface area contributed by atoms with Crippen molar-refractivity contribution in [3.05, 3.63) is 60.2 Å². The van der Waals surface area contributed by atoms with Crippen molar-refractivity contribution in [2.45, 2.75) is 23.5 Å². The van der Waals surface area contributed by atoms with E-state index in [-0.39, 0.29) is 10.9 Å². The normalized spacial score (nSPS) is 11.2. The van der Waals surface area contributed by atoms with E-state index in [4.69, 9.17) is 20.3 Å². The third-order valence-electron chi connectivity index (χ3n) is 4.19. The summed E-state index contributed by atoms with van der Waals surface area (Å²) in [4.78, 5) is 5.12. The molecule has 1 aromatic carbocycles. The molecule has 6 nitrogen and oxygen atoms in total. The highest BCUT2D eigenvalue weighted by atomic mass is 32.2. The highest BCUT2D eigenvalue weighted by molar-refractivity contribution is 8.26. The molecule has 0 saturated heterocycles. The molecule has 0 aliphatic carbocycles. The first-order valence-corrected chi connectivity index (χ1v) is 11.2. The Morgan fingerprint density at radius 3 is 2.68 bits per heavy atom. The number of aromatic nitrogens is 2. The molecule has 164 valence electrons. The van der Waals surface area contributed by atoms with Crippen LogP contribution in [0.5, 0.6) is 5.75 Å². The summed E-state index contributed by atoms with van der Waals surface area (Å²) in [5.74, 6) is 1.52. The van der Waals surface area contributed by atoms with Crippen molar-refractivity contribution < 1.29 is 18.3 Å². The second-order valence-corrected chi connectivity index (χ2v) is 8.54. The molecule has 2 aromatic heterocycles. The zero-order chi connectivity index (χ0) is 22.2. The largest absolute Gasteiger partial charge is 0.491 e. The Balaban J connectivity index is 1.89. The van der Waals surface area contributed by atoms with Gasteiger partial charge in [-0.1, -0.05) is 30.3 Å². The van der Waals surface area contributed by atoms with Crippen molar-refractivity contribution in [1.29, 1.82) is 10.8 Å². The van der Waals surface area contributed by atoms with Crippen LogP contribution in [0.25, 0.3) is 5.52 Å². The predicted octanol–water partition coefficient (Wildman–Crippen LogP) is 5.34. The Bertz CT molecular complexity index is 1040. The number of methoxy groups -OCH3 is 1. The third-order valence-corrected chi connectivity index (χ3v) is 6.01. The Kier molecular flexibility index (Phi) is 8.44. The number of fused-ring (bicyclic) bond motifs is 1. The number of ether oxygens (including phenoxy) is 2. The minimum absolute atomic E-state index is 0.189. The smallest absolute Gasteiger partial charge is 0.285 e. The fraction of sp³-hybridized carbons (Fsp3) is 0.286. The maximum absolute atomic E-state index is 12.7. The van der Waals surface area contributed by atoms with Gasteiger partial charge in [-0.3, -0.25) is 15.2 Å². The van der Waals surface area contributed by atoms with Crippen molar-refractivity contribution in [2.75, 3.05) is 20.3 Å². The number of hydrogen-bond donors (Lipinski definition) is 2. The van der Waals surface area contributed by atoms with Gasteiger partial charge in [-0.15, -0.1) is 11.8 Å². The van der Waals surface area contributed by atoms with E-state index in [1.165, 1.54) is 0 Å².